The van der Waals surface area contributed by atoms with Crippen LogP contribution in [0.2, 0.25) is 0 Å². The molecule has 0 unspecified atom stereocenters. The largest absolute Gasteiger partial charge is 0.493 e. The molecule has 0 N–H and O–H groups in total. The highest BCUT2D eigenvalue weighted by Gasteiger charge is 2.05. The minimum atomic E-state index is 0.555. The SMILES string of the molecule is COc1ccccc1OCCN(C)c1cc(C)ncn1. The van der Waals surface area contributed by atoms with E-state index in [1.165, 1.54) is 0 Å². The molecule has 0 atom stereocenters. The summed E-state index contributed by atoms with van der Waals surface area (Å²) in [5.41, 5.74) is 0.951. The molecule has 106 valence electrons. The first-order valence-electron chi connectivity index (χ1n) is 6.46. The molecule has 2 aromatic rings. The first-order chi connectivity index (χ1) is 9.70. The lowest BCUT2D eigenvalue weighted by atomic mass is 10.3. The van der Waals surface area contributed by atoms with E-state index in [0.29, 0.717) is 6.61 Å². The molecule has 1 heterocycles. The Balaban J connectivity index is 1.89. The summed E-state index contributed by atoms with van der Waals surface area (Å²) in [5, 5.41) is 0. The number of ether oxygens (including phenoxy) is 2. The van der Waals surface area contributed by atoms with E-state index in [2.05, 4.69) is 9.97 Å². The highest BCUT2D eigenvalue weighted by Crippen LogP contribution is 2.25. The van der Waals surface area contributed by atoms with Crippen LogP contribution in [0.3, 0.4) is 0 Å². The molecular formula is C15H19N3O2. The quantitative estimate of drug-likeness (QED) is 0.808. The summed E-state index contributed by atoms with van der Waals surface area (Å²) in [4.78, 5) is 10.4. The molecule has 0 spiro atoms. The smallest absolute Gasteiger partial charge is 0.161 e. The van der Waals surface area contributed by atoms with E-state index < -0.39 is 0 Å². The summed E-state index contributed by atoms with van der Waals surface area (Å²) >= 11 is 0. The lowest BCUT2D eigenvalue weighted by Gasteiger charge is -2.18. The maximum Gasteiger partial charge on any atom is 0.161 e. The molecule has 1 aromatic heterocycles. The van der Waals surface area contributed by atoms with Crippen LogP contribution in [-0.4, -0.2) is 37.3 Å². The molecule has 0 saturated heterocycles. The van der Waals surface area contributed by atoms with Gasteiger partial charge in [0.25, 0.3) is 0 Å². The van der Waals surface area contributed by atoms with Crippen LogP contribution in [0.15, 0.2) is 36.7 Å². The van der Waals surface area contributed by atoms with Gasteiger partial charge < -0.3 is 14.4 Å². The van der Waals surface area contributed by atoms with Crippen molar-refractivity contribution in [2.45, 2.75) is 6.92 Å². The molecule has 0 aliphatic heterocycles. The number of hydrogen-bond acceptors (Lipinski definition) is 5. The van der Waals surface area contributed by atoms with Crippen molar-refractivity contribution in [1.82, 2.24) is 9.97 Å². The fraction of sp³-hybridized carbons (Fsp3) is 0.333. The monoisotopic (exact) mass is 273 g/mol. The molecule has 1 aromatic carbocycles. The molecule has 0 fully saturated rings. The molecular weight excluding hydrogens is 254 g/mol. The van der Waals surface area contributed by atoms with Crippen molar-refractivity contribution in [1.29, 1.82) is 0 Å². The van der Waals surface area contributed by atoms with Crippen molar-refractivity contribution in [3.05, 3.63) is 42.4 Å². The molecule has 0 aliphatic carbocycles. The number of benzene rings is 1. The molecule has 5 nitrogen and oxygen atoms in total. The normalized spacial score (nSPS) is 10.2. The van der Waals surface area contributed by atoms with Gasteiger partial charge in [0.05, 0.1) is 13.7 Å². The van der Waals surface area contributed by atoms with Gasteiger partial charge in [0.15, 0.2) is 11.5 Å². The first kappa shape index (κ1) is 14.1. The highest BCUT2D eigenvalue weighted by atomic mass is 16.5. The predicted molar refractivity (Wildman–Crippen MR) is 78.5 cm³/mol. The molecule has 0 amide bonds. The van der Waals surface area contributed by atoms with Crippen LogP contribution in [0.5, 0.6) is 11.5 Å². The number of nitrogens with zero attached hydrogens (tertiary/aromatic N) is 3. The first-order valence-corrected chi connectivity index (χ1v) is 6.46. The van der Waals surface area contributed by atoms with Gasteiger partial charge in [-0.2, -0.15) is 0 Å². The summed E-state index contributed by atoms with van der Waals surface area (Å²) in [6, 6.07) is 9.57. The standard InChI is InChI=1S/C15H19N3O2/c1-12-10-15(17-11-16-12)18(2)8-9-20-14-7-5-4-6-13(14)19-3/h4-7,10-11H,8-9H2,1-3H3. The number of hydrogen-bond donors (Lipinski definition) is 0. The third-order valence-electron chi connectivity index (χ3n) is 2.93. The van der Waals surface area contributed by atoms with E-state index in [1.807, 2.05) is 49.2 Å². The average molecular weight is 273 g/mol. The summed E-state index contributed by atoms with van der Waals surface area (Å²) in [5.74, 6) is 2.39. The van der Waals surface area contributed by atoms with Gasteiger partial charge in [-0.25, -0.2) is 9.97 Å². The van der Waals surface area contributed by atoms with E-state index >= 15 is 0 Å². The lowest BCUT2D eigenvalue weighted by Crippen LogP contribution is -2.24. The third-order valence-corrected chi connectivity index (χ3v) is 2.93. The molecule has 5 heteroatoms. The Hall–Kier alpha value is -2.30. The van der Waals surface area contributed by atoms with Crippen molar-refractivity contribution in [3.63, 3.8) is 0 Å². The van der Waals surface area contributed by atoms with E-state index in [9.17, 15) is 0 Å². The summed E-state index contributed by atoms with van der Waals surface area (Å²) in [6.07, 6.45) is 1.57. The van der Waals surface area contributed by atoms with Crippen LogP contribution < -0.4 is 14.4 Å². The van der Waals surface area contributed by atoms with Gasteiger partial charge in [-0.05, 0) is 19.1 Å². The Bertz CT molecular complexity index is 560. The second-order valence-corrected chi connectivity index (χ2v) is 4.44. The van der Waals surface area contributed by atoms with Crippen molar-refractivity contribution >= 4 is 5.82 Å². The van der Waals surface area contributed by atoms with Gasteiger partial charge in [0.2, 0.25) is 0 Å². The Morgan fingerprint density at radius 2 is 1.90 bits per heavy atom. The summed E-state index contributed by atoms with van der Waals surface area (Å²) in [6.45, 7) is 3.23. The van der Waals surface area contributed by atoms with Crippen molar-refractivity contribution in [2.24, 2.45) is 0 Å². The molecule has 20 heavy (non-hydrogen) atoms. The second kappa shape index (κ2) is 6.75. The zero-order chi connectivity index (χ0) is 14.4. The minimum Gasteiger partial charge on any atom is -0.493 e. The lowest BCUT2D eigenvalue weighted by molar-refractivity contribution is 0.300. The van der Waals surface area contributed by atoms with Gasteiger partial charge in [-0.1, -0.05) is 12.1 Å². The van der Waals surface area contributed by atoms with Crippen LogP contribution in [0, 0.1) is 6.92 Å². The predicted octanol–water partition coefficient (Wildman–Crippen LogP) is 2.31. The Morgan fingerprint density at radius 3 is 2.60 bits per heavy atom. The molecule has 0 radical (unpaired) electrons. The number of anilines is 1. The van der Waals surface area contributed by atoms with E-state index in [-0.39, 0.29) is 0 Å². The summed E-state index contributed by atoms with van der Waals surface area (Å²) < 4.78 is 11.0. The second-order valence-electron chi connectivity index (χ2n) is 4.44. The molecule has 2 rings (SSSR count). The van der Waals surface area contributed by atoms with Gasteiger partial charge in [0, 0.05) is 18.8 Å². The fourth-order valence-electron chi connectivity index (χ4n) is 1.79. The van der Waals surface area contributed by atoms with Gasteiger partial charge >= 0.3 is 0 Å². The number of aryl methyl sites for hydroxylation is 1. The Kier molecular flexibility index (Phi) is 4.76. The zero-order valence-electron chi connectivity index (χ0n) is 12.0. The fourth-order valence-corrected chi connectivity index (χ4v) is 1.79. The zero-order valence-corrected chi connectivity index (χ0v) is 12.0. The van der Waals surface area contributed by atoms with E-state index in [1.54, 1.807) is 13.4 Å². The van der Waals surface area contributed by atoms with Crippen LogP contribution in [0.1, 0.15) is 5.69 Å². The number of methoxy groups -OCH3 is 1. The number of aromatic nitrogens is 2. The van der Waals surface area contributed by atoms with Gasteiger partial charge in [-0.15, -0.1) is 0 Å². The van der Waals surface area contributed by atoms with Crippen LogP contribution >= 0.6 is 0 Å². The maximum atomic E-state index is 5.74. The summed E-state index contributed by atoms with van der Waals surface area (Å²) in [7, 11) is 3.62. The maximum absolute atomic E-state index is 5.74. The van der Waals surface area contributed by atoms with Gasteiger partial charge in [0.1, 0.15) is 18.8 Å². The average Bonchev–Trinajstić information content (AvgIpc) is 2.47. The van der Waals surface area contributed by atoms with Crippen molar-refractivity contribution in [3.8, 4) is 11.5 Å². The molecule has 0 saturated carbocycles. The molecule has 0 bridgehead atoms. The topological polar surface area (TPSA) is 47.5 Å². The van der Waals surface area contributed by atoms with Crippen LogP contribution in [-0.2, 0) is 0 Å². The van der Waals surface area contributed by atoms with E-state index in [0.717, 1.165) is 29.6 Å². The third kappa shape index (κ3) is 3.60. The number of rotatable bonds is 6. The molecule has 0 aliphatic rings. The Labute approximate surface area is 119 Å². The van der Waals surface area contributed by atoms with Crippen molar-refractivity contribution < 1.29 is 9.47 Å². The number of likely N-dealkylation sites (N-methyl/N-ethyl adjacent to an activating group) is 1. The van der Waals surface area contributed by atoms with Crippen LogP contribution in [0.25, 0.3) is 0 Å². The highest BCUT2D eigenvalue weighted by molar-refractivity contribution is 5.40. The van der Waals surface area contributed by atoms with Gasteiger partial charge in [-0.3, -0.25) is 0 Å². The van der Waals surface area contributed by atoms with Crippen LogP contribution in [0.4, 0.5) is 5.82 Å². The number of para-hydroxylation sites is 2. The Morgan fingerprint density at radius 1 is 1.15 bits per heavy atom. The minimum absolute atomic E-state index is 0.555. The van der Waals surface area contributed by atoms with Crippen molar-refractivity contribution in [2.75, 3.05) is 32.2 Å². The van der Waals surface area contributed by atoms with E-state index in [4.69, 9.17) is 9.47 Å².